The van der Waals surface area contributed by atoms with Gasteiger partial charge in [-0.05, 0) is 56.5 Å². The second-order valence-corrected chi connectivity index (χ2v) is 10.1. The fourth-order valence-electron chi connectivity index (χ4n) is 4.44. The SMILES string of the molecule is CN(C)c1ccc(/C=C2\CCC3C2=[N+](C)c2ccccc2SC3(C)C)cc1.[Br-]. The first-order valence-corrected chi connectivity index (χ1v) is 10.6. The average Bonchev–Trinajstić information content (AvgIpc) is 3.03. The highest BCUT2D eigenvalue weighted by Crippen LogP contribution is 2.50. The van der Waals surface area contributed by atoms with Gasteiger partial charge in [-0.15, -0.1) is 11.8 Å². The van der Waals surface area contributed by atoms with Crippen LogP contribution in [0.1, 0.15) is 32.3 Å². The molecule has 1 unspecified atom stereocenters. The van der Waals surface area contributed by atoms with Crippen molar-refractivity contribution in [2.45, 2.75) is 36.3 Å². The van der Waals surface area contributed by atoms with Crippen LogP contribution in [0.5, 0.6) is 0 Å². The van der Waals surface area contributed by atoms with E-state index in [0.717, 1.165) is 6.42 Å². The molecule has 1 heterocycles. The van der Waals surface area contributed by atoms with Crippen molar-refractivity contribution in [1.82, 2.24) is 0 Å². The summed E-state index contributed by atoms with van der Waals surface area (Å²) < 4.78 is 2.65. The highest BCUT2D eigenvalue weighted by Gasteiger charge is 2.47. The minimum absolute atomic E-state index is 0. The van der Waals surface area contributed by atoms with E-state index in [-0.39, 0.29) is 21.7 Å². The summed E-state index contributed by atoms with van der Waals surface area (Å²) in [5, 5.41) is 0. The van der Waals surface area contributed by atoms with Crippen LogP contribution in [0, 0.1) is 5.92 Å². The van der Waals surface area contributed by atoms with Gasteiger partial charge in [0.05, 0.1) is 10.8 Å². The van der Waals surface area contributed by atoms with E-state index in [9.17, 15) is 0 Å². The van der Waals surface area contributed by atoms with Gasteiger partial charge in [0, 0.05) is 36.2 Å². The molecule has 2 aromatic carbocycles. The molecule has 1 saturated carbocycles. The summed E-state index contributed by atoms with van der Waals surface area (Å²) in [4.78, 5) is 3.54. The Kier molecular flexibility index (Phi) is 6.11. The molecule has 2 aromatic rings. The van der Waals surface area contributed by atoms with Gasteiger partial charge in [-0.25, -0.2) is 0 Å². The maximum absolute atomic E-state index is 2.45. The molecule has 0 N–H and O–H groups in total. The van der Waals surface area contributed by atoms with E-state index < -0.39 is 0 Å². The molecule has 4 heteroatoms. The predicted molar refractivity (Wildman–Crippen MR) is 119 cm³/mol. The normalized spacial score (nSPS) is 21.6. The van der Waals surface area contributed by atoms with E-state index in [2.05, 4.69) is 99.1 Å². The molecular formula is C24H29BrN2S. The second kappa shape index (κ2) is 8.08. The molecule has 28 heavy (non-hydrogen) atoms. The Morgan fingerprint density at radius 1 is 1.07 bits per heavy atom. The van der Waals surface area contributed by atoms with Crippen LogP contribution in [0.2, 0.25) is 0 Å². The number of halogens is 1. The van der Waals surface area contributed by atoms with Crippen LogP contribution >= 0.6 is 11.8 Å². The Bertz CT molecular complexity index is 926. The second-order valence-electron chi connectivity index (χ2n) is 8.36. The number of nitrogens with zero attached hydrogens (tertiary/aromatic N) is 2. The predicted octanol–water partition coefficient (Wildman–Crippen LogP) is 2.85. The van der Waals surface area contributed by atoms with Gasteiger partial charge in [0.25, 0.3) is 0 Å². The van der Waals surface area contributed by atoms with Crippen LogP contribution in [-0.2, 0) is 0 Å². The van der Waals surface area contributed by atoms with E-state index in [1.165, 1.54) is 39.5 Å². The zero-order chi connectivity index (χ0) is 19.2. The lowest BCUT2D eigenvalue weighted by Crippen LogP contribution is -3.00. The summed E-state index contributed by atoms with van der Waals surface area (Å²) in [5.74, 6) is 0.576. The van der Waals surface area contributed by atoms with Crippen LogP contribution < -0.4 is 21.9 Å². The molecular weight excluding hydrogens is 428 g/mol. The van der Waals surface area contributed by atoms with Crippen molar-refractivity contribution in [3.8, 4) is 0 Å². The molecule has 148 valence electrons. The zero-order valence-corrected chi connectivity index (χ0v) is 19.8. The van der Waals surface area contributed by atoms with Crippen molar-refractivity contribution in [1.29, 1.82) is 0 Å². The summed E-state index contributed by atoms with van der Waals surface area (Å²) in [6.45, 7) is 4.82. The molecule has 0 spiro atoms. The number of rotatable bonds is 2. The molecule has 0 amide bonds. The summed E-state index contributed by atoms with van der Waals surface area (Å²) in [6, 6.07) is 17.7. The smallest absolute Gasteiger partial charge is 0.218 e. The van der Waals surface area contributed by atoms with E-state index in [0.29, 0.717) is 5.92 Å². The number of benzene rings is 2. The van der Waals surface area contributed by atoms with Crippen LogP contribution in [0.15, 0.2) is 59.0 Å². The topological polar surface area (TPSA) is 6.25 Å². The van der Waals surface area contributed by atoms with Crippen molar-refractivity contribution in [3.05, 3.63) is 59.7 Å². The van der Waals surface area contributed by atoms with Crippen molar-refractivity contribution >= 4 is 34.9 Å². The fraction of sp³-hybridized carbons (Fsp3) is 0.375. The van der Waals surface area contributed by atoms with Crippen molar-refractivity contribution in [2.75, 3.05) is 26.0 Å². The first-order chi connectivity index (χ1) is 12.9. The van der Waals surface area contributed by atoms with E-state index in [1.54, 1.807) is 0 Å². The summed E-state index contributed by atoms with van der Waals surface area (Å²) in [7, 11) is 6.42. The summed E-state index contributed by atoms with van der Waals surface area (Å²) in [5.41, 5.74) is 6.87. The number of para-hydroxylation sites is 1. The minimum atomic E-state index is 0. The van der Waals surface area contributed by atoms with Gasteiger partial charge in [-0.1, -0.05) is 24.3 Å². The lowest BCUT2D eigenvalue weighted by molar-refractivity contribution is -0.409. The number of hydrogen-bond acceptors (Lipinski definition) is 2. The number of allylic oxidation sites excluding steroid dienone is 1. The monoisotopic (exact) mass is 456 g/mol. The van der Waals surface area contributed by atoms with Gasteiger partial charge in [-0.2, -0.15) is 4.58 Å². The Balaban J connectivity index is 0.00000225. The number of hydrogen-bond donors (Lipinski definition) is 0. The quantitative estimate of drug-likeness (QED) is 0.640. The average molecular weight is 457 g/mol. The third-order valence-corrected chi connectivity index (χ3v) is 7.29. The van der Waals surface area contributed by atoms with Crippen LogP contribution in [0.4, 0.5) is 11.4 Å². The van der Waals surface area contributed by atoms with Crippen molar-refractivity contribution in [2.24, 2.45) is 5.92 Å². The maximum Gasteiger partial charge on any atom is 0.218 e. The molecule has 0 radical (unpaired) electrons. The molecule has 0 bridgehead atoms. The molecule has 1 aliphatic carbocycles. The third-order valence-electron chi connectivity index (χ3n) is 5.91. The van der Waals surface area contributed by atoms with Crippen molar-refractivity contribution < 1.29 is 21.6 Å². The van der Waals surface area contributed by atoms with Crippen molar-refractivity contribution in [3.63, 3.8) is 0 Å². The molecule has 0 aromatic heterocycles. The number of thioether (sulfide) groups is 1. The van der Waals surface area contributed by atoms with Crippen LogP contribution in [0.3, 0.4) is 0 Å². The van der Waals surface area contributed by atoms with Gasteiger partial charge >= 0.3 is 0 Å². The zero-order valence-electron chi connectivity index (χ0n) is 17.4. The Morgan fingerprint density at radius 2 is 1.75 bits per heavy atom. The molecule has 2 nitrogen and oxygen atoms in total. The van der Waals surface area contributed by atoms with Gasteiger partial charge in [-0.3, -0.25) is 0 Å². The van der Waals surface area contributed by atoms with Crippen LogP contribution in [0.25, 0.3) is 6.08 Å². The van der Waals surface area contributed by atoms with E-state index in [1.807, 2.05) is 11.8 Å². The molecule has 1 aliphatic heterocycles. The third kappa shape index (κ3) is 3.81. The first kappa shape index (κ1) is 21.2. The fourth-order valence-corrected chi connectivity index (χ4v) is 5.83. The highest BCUT2D eigenvalue weighted by molar-refractivity contribution is 8.00. The Labute approximate surface area is 184 Å². The molecule has 2 aliphatic rings. The summed E-state index contributed by atoms with van der Waals surface area (Å²) in [6.07, 6.45) is 4.79. The molecule has 1 fully saturated rings. The molecule has 1 atom stereocenters. The highest BCUT2D eigenvalue weighted by atomic mass is 79.9. The lowest BCUT2D eigenvalue weighted by Gasteiger charge is -2.27. The Hall–Kier alpha value is -1.52. The molecule has 0 saturated heterocycles. The van der Waals surface area contributed by atoms with E-state index >= 15 is 0 Å². The van der Waals surface area contributed by atoms with Gasteiger partial charge in [0.15, 0.2) is 5.71 Å². The van der Waals surface area contributed by atoms with Gasteiger partial charge in [0.1, 0.15) is 7.05 Å². The molecule has 4 rings (SSSR count). The van der Waals surface area contributed by atoms with Gasteiger partial charge in [0.2, 0.25) is 5.69 Å². The standard InChI is InChI=1S/C24H29N2S.BrH/c1-24(2)20-15-12-18(16-17-10-13-19(14-11-17)25(3)4)23(20)26(5)21-8-6-7-9-22(21)27-24;/h6-11,13-14,16,20H,12,15H2,1-5H3;1H/q+1;/p-1. The minimum Gasteiger partial charge on any atom is -1.00 e. The Morgan fingerprint density at radius 3 is 2.43 bits per heavy atom. The first-order valence-electron chi connectivity index (χ1n) is 9.74. The number of anilines is 1. The summed E-state index contributed by atoms with van der Waals surface area (Å²) >= 11 is 2.03. The van der Waals surface area contributed by atoms with Crippen LogP contribution in [-0.4, -0.2) is 36.2 Å². The largest absolute Gasteiger partial charge is 1.00 e. The van der Waals surface area contributed by atoms with E-state index in [4.69, 9.17) is 0 Å². The number of fused-ring (bicyclic) bond motifs is 2. The maximum atomic E-state index is 2.45. The lowest BCUT2D eigenvalue weighted by atomic mass is 9.90. The van der Waals surface area contributed by atoms with Gasteiger partial charge < -0.3 is 21.9 Å².